The zero-order valence-electron chi connectivity index (χ0n) is 10.4. The maximum absolute atomic E-state index is 13.2. The first-order valence-corrected chi connectivity index (χ1v) is 7.30. The lowest BCUT2D eigenvalue weighted by Gasteiger charge is -2.02. The average Bonchev–Trinajstić information content (AvgIpc) is 2.81. The number of imidazole rings is 1. The predicted octanol–water partition coefficient (Wildman–Crippen LogP) is 4.23. The minimum absolute atomic E-state index is 0.289. The first kappa shape index (κ1) is 13.3. The van der Waals surface area contributed by atoms with Crippen molar-refractivity contribution in [2.24, 2.45) is 0 Å². The van der Waals surface area contributed by atoms with Crippen LogP contribution in [0.25, 0.3) is 11.0 Å². The highest BCUT2D eigenvalue weighted by Gasteiger charge is 2.07. The Kier molecular flexibility index (Phi) is 3.54. The van der Waals surface area contributed by atoms with Crippen LogP contribution in [0, 0.1) is 5.82 Å². The highest BCUT2D eigenvalue weighted by molar-refractivity contribution is 7.98. The van der Waals surface area contributed by atoms with Gasteiger partial charge in [-0.05, 0) is 42.0 Å². The Balaban J connectivity index is 1.81. The molecule has 102 valence electrons. The van der Waals surface area contributed by atoms with Crippen LogP contribution in [-0.2, 0) is 5.75 Å². The van der Waals surface area contributed by atoms with Crippen LogP contribution in [0.3, 0.4) is 0 Å². The zero-order chi connectivity index (χ0) is 14.1. The Morgan fingerprint density at radius 2 is 2.10 bits per heavy atom. The second-order valence-corrected chi connectivity index (χ2v) is 5.71. The molecule has 3 aromatic rings. The van der Waals surface area contributed by atoms with E-state index in [2.05, 4.69) is 9.97 Å². The summed E-state index contributed by atoms with van der Waals surface area (Å²) in [7, 11) is 0. The SMILES string of the molecule is Nc1ccc2nc(SCc3cc(F)ccc3Cl)[nH]c2c1. The van der Waals surface area contributed by atoms with Crippen molar-refractivity contribution in [3.8, 4) is 0 Å². The number of halogens is 2. The van der Waals surface area contributed by atoms with Crippen molar-refractivity contribution in [2.45, 2.75) is 10.9 Å². The summed E-state index contributed by atoms with van der Waals surface area (Å²) >= 11 is 7.50. The van der Waals surface area contributed by atoms with Gasteiger partial charge in [0.1, 0.15) is 5.82 Å². The number of hydrogen-bond donors (Lipinski definition) is 2. The monoisotopic (exact) mass is 307 g/mol. The van der Waals surface area contributed by atoms with E-state index in [1.807, 2.05) is 12.1 Å². The van der Waals surface area contributed by atoms with E-state index in [1.54, 1.807) is 12.1 Å². The van der Waals surface area contributed by atoms with Gasteiger partial charge in [-0.15, -0.1) is 0 Å². The smallest absolute Gasteiger partial charge is 0.166 e. The average molecular weight is 308 g/mol. The number of nitrogen functional groups attached to an aromatic ring is 1. The Bertz CT molecular complexity index is 772. The van der Waals surface area contributed by atoms with Gasteiger partial charge in [0.2, 0.25) is 0 Å². The molecule has 0 aliphatic heterocycles. The van der Waals surface area contributed by atoms with Crippen LogP contribution in [0.4, 0.5) is 10.1 Å². The standard InChI is InChI=1S/C14H11ClFN3S/c15-11-3-1-9(16)5-8(11)7-20-14-18-12-4-2-10(17)6-13(12)19-14/h1-6H,7,17H2,(H,18,19). The lowest BCUT2D eigenvalue weighted by atomic mass is 10.2. The molecule has 2 aromatic carbocycles. The minimum atomic E-state index is -0.289. The van der Waals surface area contributed by atoms with Crippen LogP contribution < -0.4 is 5.73 Å². The third kappa shape index (κ3) is 2.73. The second kappa shape index (κ2) is 5.34. The fourth-order valence-corrected chi connectivity index (χ4v) is 3.01. The van der Waals surface area contributed by atoms with Gasteiger partial charge in [0.15, 0.2) is 5.16 Å². The molecule has 0 radical (unpaired) electrons. The molecule has 1 heterocycles. The molecule has 0 saturated heterocycles. The summed E-state index contributed by atoms with van der Waals surface area (Å²) in [6, 6.07) is 9.85. The summed E-state index contributed by atoms with van der Waals surface area (Å²) in [6.07, 6.45) is 0. The molecule has 3 nitrogen and oxygen atoms in total. The zero-order valence-corrected chi connectivity index (χ0v) is 11.9. The van der Waals surface area contributed by atoms with Crippen LogP contribution in [0.5, 0.6) is 0 Å². The quantitative estimate of drug-likeness (QED) is 0.562. The van der Waals surface area contributed by atoms with Gasteiger partial charge in [0.05, 0.1) is 11.0 Å². The van der Waals surface area contributed by atoms with Crippen LogP contribution in [0.2, 0.25) is 5.02 Å². The maximum atomic E-state index is 13.2. The molecule has 0 atom stereocenters. The predicted molar refractivity (Wildman–Crippen MR) is 81.5 cm³/mol. The van der Waals surface area contributed by atoms with Crippen molar-refractivity contribution in [1.82, 2.24) is 9.97 Å². The number of thioether (sulfide) groups is 1. The lowest BCUT2D eigenvalue weighted by molar-refractivity contribution is 0.626. The summed E-state index contributed by atoms with van der Waals surface area (Å²) in [5.74, 6) is 0.258. The first-order chi connectivity index (χ1) is 9.61. The summed E-state index contributed by atoms with van der Waals surface area (Å²) in [4.78, 5) is 7.61. The van der Waals surface area contributed by atoms with Crippen molar-refractivity contribution in [3.05, 3.63) is 52.8 Å². The molecule has 3 rings (SSSR count). The number of benzene rings is 2. The van der Waals surface area contributed by atoms with Crippen molar-refractivity contribution >= 4 is 40.1 Å². The lowest BCUT2D eigenvalue weighted by Crippen LogP contribution is -1.86. The van der Waals surface area contributed by atoms with E-state index in [4.69, 9.17) is 17.3 Å². The molecule has 0 aliphatic rings. The Morgan fingerprint density at radius 3 is 2.95 bits per heavy atom. The van der Waals surface area contributed by atoms with E-state index in [-0.39, 0.29) is 5.82 Å². The number of H-pyrrole nitrogens is 1. The molecule has 0 spiro atoms. The number of nitrogens with zero attached hydrogens (tertiary/aromatic N) is 1. The van der Waals surface area contributed by atoms with Crippen LogP contribution in [0.1, 0.15) is 5.56 Å². The Hall–Kier alpha value is -1.72. The number of nitrogens with one attached hydrogen (secondary N) is 1. The van der Waals surface area contributed by atoms with E-state index in [0.717, 1.165) is 21.8 Å². The fraction of sp³-hybridized carbons (Fsp3) is 0.0714. The number of aromatic nitrogens is 2. The fourth-order valence-electron chi connectivity index (χ4n) is 1.87. The van der Waals surface area contributed by atoms with Crippen molar-refractivity contribution in [2.75, 3.05) is 5.73 Å². The minimum Gasteiger partial charge on any atom is -0.399 e. The van der Waals surface area contributed by atoms with E-state index in [0.29, 0.717) is 16.5 Å². The largest absolute Gasteiger partial charge is 0.399 e. The van der Waals surface area contributed by atoms with E-state index in [1.165, 1.54) is 23.9 Å². The van der Waals surface area contributed by atoms with Crippen molar-refractivity contribution < 1.29 is 4.39 Å². The number of rotatable bonds is 3. The van der Waals surface area contributed by atoms with Gasteiger partial charge in [-0.2, -0.15) is 0 Å². The van der Waals surface area contributed by atoms with Gasteiger partial charge < -0.3 is 10.7 Å². The molecule has 20 heavy (non-hydrogen) atoms. The van der Waals surface area contributed by atoms with Gasteiger partial charge >= 0.3 is 0 Å². The van der Waals surface area contributed by atoms with Gasteiger partial charge in [-0.25, -0.2) is 9.37 Å². The molecule has 0 fully saturated rings. The van der Waals surface area contributed by atoms with Gasteiger partial charge in [0.25, 0.3) is 0 Å². The summed E-state index contributed by atoms with van der Waals surface area (Å²) < 4.78 is 13.2. The van der Waals surface area contributed by atoms with E-state index >= 15 is 0 Å². The van der Waals surface area contributed by atoms with E-state index in [9.17, 15) is 4.39 Å². The van der Waals surface area contributed by atoms with Crippen LogP contribution in [0.15, 0.2) is 41.6 Å². The molecule has 0 saturated carbocycles. The third-order valence-corrected chi connectivity index (χ3v) is 4.15. The molecule has 0 aliphatic carbocycles. The molecule has 1 aromatic heterocycles. The normalized spacial score (nSPS) is 11.1. The van der Waals surface area contributed by atoms with E-state index < -0.39 is 0 Å². The Morgan fingerprint density at radius 1 is 1.25 bits per heavy atom. The number of nitrogens with two attached hydrogens (primary N) is 1. The molecular weight excluding hydrogens is 297 g/mol. The topological polar surface area (TPSA) is 54.7 Å². The summed E-state index contributed by atoms with van der Waals surface area (Å²) in [5.41, 5.74) is 8.89. The summed E-state index contributed by atoms with van der Waals surface area (Å²) in [6.45, 7) is 0. The number of aromatic amines is 1. The molecule has 0 amide bonds. The van der Waals surface area contributed by atoms with Gasteiger partial charge in [0, 0.05) is 16.5 Å². The van der Waals surface area contributed by atoms with Crippen LogP contribution >= 0.6 is 23.4 Å². The molecule has 0 bridgehead atoms. The molecular formula is C14H11ClFN3S. The first-order valence-electron chi connectivity index (χ1n) is 5.94. The number of fused-ring (bicyclic) bond motifs is 1. The van der Waals surface area contributed by atoms with Crippen molar-refractivity contribution in [1.29, 1.82) is 0 Å². The summed E-state index contributed by atoms with van der Waals surface area (Å²) in [5, 5.41) is 1.31. The molecule has 3 N–H and O–H groups in total. The van der Waals surface area contributed by atoms with Crippen molar-refractivity contribution in [3.63, 3.8) is 0 Å². The highest BCUT2D eigenvalue weighted by atomic mass is 35.5. The van der Waals surface area contributed by atoms with Crippen LogP contribution in [-0.4, -0.2) is 9.97 Å². The third-order valence-electron chi connectivity index (χ3n) is 2.86. The number of hydrogen-bond acceptors (Lipinski definition) is 3. The van der Waals surface area contributed by atoms with Gasteiger partial charge in [-0.3, -0.25) is 0 Å². The Labute approximate surface area is 124 Å². The number of anilines is 1. The highest BCUT2D eigenvalue weighted by Crippen LogP contribution is 2.27. The maximum Gasteiger partial charge on any atom is 0.166 e. The second-order valence-electron chi connectivity index (χ2n) is 4.34. The van der Waals surface area contributed by atoms with Gasteiger partial charge in [-0.1, -0.05) is 23.4 Å². The molecule has 6 heteroatoms. The molecule has 0 unspecified atom stereocenters.